The Morgan fingerprint density at radius 2 is 1.90 bits per heavy atom. The Bertz CT molecular complexity index is 1150. The Balaban J connectivity index is 0.00000112. The molecule has 1 atom stereocenters. The molecule has 160 valence electrons. The second kappa shape index (κ2) is 8.88. The summed E-state index contributed by atoms with van der Waals surface area (Å²) in [5.41, 5.74) is 5.77. The summed E-state index contributed by atoms with van der Waals surface area (Å²) in [5, 5.41) is 9.49. The summed E-state index contributed by atoms with van der Waals surface area (Å²) in [6.45, 7) is 6.81. The lowest BCUT2D eigenvalue weighted by Crippen LogP contribution is -2.13. The van der Waals surface area contributed by atoms with Gasteiger partial charge in [0.05, 0.1) is 6.54 Å². The highest BCUT2D eigenvalue weighted by Gasteiger charge is 2.30. The largest absolute Gasteiger partial charge is 0.478 e. The summed E-state index contributed by atoms with van der Waals surface area (Å²) in [4.78, 5) is 21.1. The van der Waals surface area contributed by atoms with E-state index in [1.807, 2.05) is 38.3 Å². The van der Waals surface area contributed by atoms with Crippen LogP contribution in [0.3, 0.4) is 0 Å². The number of aryl methyl sites for hydroxylation is 1. The molecule has 0 bridgehead atoms. The number of benzene rings is 1. The summed E-state index contributed by atoms with van der Waals surface area (Å²) >= 11 is 0. The zero-order chi connectivity index (χ0) is 22.0. The van der Waals surface area contributed by atoms with Gasteiger partial charge in [-0.05, 0) is 48.9 Å². The minimum atomic E-state index is -0.844. The number of carboxylic acids is 1. The fraction of sp³-hybridized carbons (Fsp3) is 0.346. The smallest absolute Gasteiger partial charge is 0.332 e. The lowest BCUT2D eigenvalue weighted by molar-refractivity contribution is -0.133. The lowest BCUT2D eigenvalue weighted by atomic mass is 9.85. The van der Waals surface area contributed by atoms with Gasteiger partial charge >= 0.3 is 5.97 Å². The van der Waals surface area contributed by atoms with Crippen LogP contribution in [0.25, 0.3) is 11.2 Å². The normalized spacial score (nSPS) is 17.8. The molecule has 1 N–H and O–H groups in total. The molecular weight excluding hydrogens is 386 g/mol. The SMILES string of the molecule is CC.Cc1ccnc2c1nc(C1CC1)n2Cc1ccc(C2CC=CC=C2C(=O)O)cc1. The van der Waals surface area contributed by atoms with E-state index in [1.165, 1.54) is 18.4 Å². The highest BCUT2D eigenvalue weighted by molar-refractivity contribution is 5.89. The maximum Gasteiger partial charge on any atom is 0.332 e. The maximum absolute atomic E-state index is 11.6. The molecule has 1 fully saturated rings. The van der Waals surface area contributed by atoms with Crippen LogP contribution in [0.4, 0.5) is 0 Å². The van der Waals surface area contributed by atoms with Crippen LogP contribution in [0, 0.1) is 6.92 Å². The van der Waals surface area contributed by atoms with E-state index < -0.39 is 5.97 Å². The average molecular weight is 416 g/mol. The van der Waals surface area contributed by atoms with Crippen molar-refractivity contribution in [3.05, 3.63) is 82.8 Å². The summed E-state index contributed by atoms with van der Waals surface area (Å²) in [7, 11) is 0. The number of rotatable bonds is 5. The molecule has 2 aliphatic rings. The number of allylic oxidation sites excluding steroid dienone is 3. The first-order chi connectivity index (χ1) is 15.1. The van der Waals surface area contributed by atoms with E-state index in [1.54, 1.807) is 6.08 Å². The molecule has 2 aromatic heterocycles. The summed E-state index contributed by atoms with van der Waals surface area (Å²) in [5.74, 6) is 0.746. The van der Waals surface area contributed by atoms with E-state index >= 15 is 0 Å². The van der Waals surface area contributed by atoms with Gasteiger partial charge in [-0.25, -0.2) is 14.8 Å². The maximum atomic E-state index is 11.6. The number of aliphatic carboxylic acids is 1. The fourth-order valence-corrected chi connectivity index (χ4v) is 4.17. The fourth-order valence-electron chi connectivity index (χ4n) is 4.17. The highest BCUT2D eigenvalue weighted by atomic mass is 16.4. The molecule has 31 heavy (non-hydrogen) atoms. The minimum Gasteiger partial charge on any atom is -0.478 e. The lowest BCUT2D eigenvalue weighted by Gasteiger charge is -2.19. The van der Waals surface area contributed by atoms with Crippen LogP contribution >= 0.6 is 0 Å². The van der Waals surface area contributed by atoms with Crippen molar-refractivity contribution in [3.8, 4) is 0 Å². The van der Waals surface area contributed by atoms with E-state index in [9.17, 15) is 9.90 Å². The summed E-state index contributed by atoms with van der Waals surface area (Å²) in [6.07, 6.45) is 10.5. The first kappa shape index (κ1) is 21.0. The number of hydrogen-bond acceptors (Lipinski definition) is 3. The van der Waals surface area contributed by atoms with Crippen LogP contribution in [-0.2, 0) is 11.3 Å². The molecule has 0 amide bonds. The summed E-state index contributed by atoms with van der Waals surface area (Å²) < 4.78 is 2.25. The molecule has 1 aromatic carbocycles. The molecule has 2 aliphatic carbocycles. The molecule has 3 aromatic rings. The molecule has 5 nitrogen and oxygen atoms in total. The number of aromatic nitrogens is 3. The number of fused-ring (bicyclic) bond motifs is 1. The highest BCUT2D eigenvalue weighted by Crippen LogP contribution is 2.41. The standard InChI is InChI=1S/C24H23N3O2.C2H6/c1-15-12-13-25-23-21(15)26-22(18-10-11-18)27(23)14-16-6-8-17(9-7-16)19-4-2-3-5-20(19)24(28)29;1-2/h2-3,5-9,12-13,18-19H,4,10-11,14H2,1H3,(H,28,29);1-2H3. The predicted molar refractivity (Wildman–Crippen MR) is 123 cm³/mol. The Labute approximate surface area is 183 Å². The van der Waals surface area contributed by atoms with Gasteiger partial charge in [0.25, 0.3) is 0 Å². The number of carboxylic acid groups (broad SMARTS) is 1. The van der Waals surface area contributed by atoms with E-state index in [0.717, 1.165) is 41.1 Å². The van der Waals surface area contributed by atoms with E-state index in [-0.39, 0.29) is 5.92 Å². The topological polar surface area (TPSA) is 68.0 Å². The van der Waals surface area contributed by atoms with Gasteiger partial charge in [-0.2, -0.15) is 0 Å². The van der Waals surface area contributed by atoms with Crippen LogP contribution < -0.4 is 0 Å². The first-order valence-electron chi connectivity index (χ1n) is 11.1. The van der Waals surface area contributed by atoms with Gasteiger partial charge in [0.1, 0.15) is 11.3 Å². The zero-order valence-electron chi connectivity index (χ0n) is 18.4. The third kappa shape index (κ3) is 4.18. The van der Waals surface area contributed by atoms with E-state index in [2.05, 4.69) is 40.7 Å². The molecular formula is C26H29N3O2. The zero-order valence-corrected chi connectivity index (χ0v) is 18.4. The molecule has 1 unspecified atom stereocenters. The molecule has 0 spiro atoms. The Morgan fingerprint density at radius 1 is 1.16 bits per heavy atom. The minimum absolute atomic E-state index is 0.0908. The van der Waals surface area contributed by atoms with Gasteiger partial charge in [0.2, 0.25) is 0 Å². The van der Waals surface area contributed by atoms with Crippen molar-refractivity contribution in [3.63, 3.8) is 0 Å². The van der Waals surface area contributed by atoms with Crippen LogP contribution in [0.2, 0.25) is 0 Å². The van der Waals surface area contributed by atoms with E-state index in [0.29, 0.717) is 11.5 Å². The van der Waals surface area contributed by atoms with Gasteiger partial charge in [0, 0.05) is 23.6 Å². The monoisotopic (exact) mass is 415 g/mol. The van der Waals surface area contributed by atoms with Gasteiger partial charge in [-0.1, -0.05) is 56.3 Å². The van der Waals surface area contributed by atoms with Crippen molar-refractivity contribution < 1.29 is 9.90 Å². The third-order valence-corrected chi connectivity index (χ3v) is 5.94. The second-order valence-corrected chi connectivity index (χ2v) is 8.02. The van der Waals surface area contributed by atoms with Crippen molar-refractivity contribution in [1.29, 1.82) is 0 Å². The van der Waals surface area contributed by atoms with Crippen LogP contribution in [0.1, 0.15) is 67.5 Å². The Hall–Kier alpha value is -3.21. The quantitative estimate of drug-likeness (QED) is 0.576. The van der Waals surface area contributed by atoms with Crippen molar-refractivity contribution in [2.75, 3.05) is 0 Å². The van der Waals surface area contributed by atoms with Crippen molar-refractivity contribution in [1.82, 2.24) is 14.5 Å². The van der Waals surface area contributed by atoms with Crippen LogP contribution in [0.15, 0.2) is 60.3 Å². The number of imidazole rings is 1. The number of carbonyl (C=O) groups is 1. The summed E-state index contributed by atoms with van der Waals surface area (Å²) in [6, 6.07) is 10.3. The number of nitrogens with zero attached hydrogens (tertiary/aromatic N) is 3. The van der Waals surface area contributed by atoms with Gasteiger partial charge in [0.15, 0.2) is 5.65 Å². The first-order valence-corrected chi connectivity index (χ1v) is 11.1. The molecule has 5 rings (SSSR count). The second-order valence-electron chi connectivity index (χ2n) is 8.02. The Morgan fingerprint density at radius 3 is 2.58 bits per heavy atom. The molecule has 0 radical (unpaired) electrons. The van der Waals surface area contributed by atoms with Crippen molar-refractivity contribution in [2.45, 2.75) is 58.4 Å². The van der Waals surface area contributed by atoms with E-state index in [4.69, 9.17) is 4.98 Å². The average Bonchev–Trinajstić information content (AvgIpc) is 3.58. The van der Waals surface area contributed by atoms with Gasteiger partial charge < -0.3 is 9.67 Å². The van der Waals surface area contributed by atoms with Crippen molar-refractivity contribution >= 4 is 17.1 Å². The predicted octanol–water partition coefficient (Wildman–Crippen LogP) is 5.75. The van der Waals surface area contributed by atoms with Gasteiger partial charge in [-0.3, -0.25) is 0 Å². The number of hydrogen-bond donors (Lipinski definition) is 1. The molecule has 1 saturated carbocycles. The Kier molecular flexibility index (Phi) is 6.03. The molecule has 5 heteroatoms. The molecule has 2 heterocycles. The van der Waals surface area contributed by atoms with Crippen LogP contribution in [0.5, 0.6) is 0 Å². The molecule has 0 saturated heterocycles. The van der Waals surface area contributed by atoms with Crippen molar-refractivity contribution in [2.24, 2.45) is 0 Å². The number of pyridine rings is 1. The third-order valence-electron chi connectivity index (χ3n) is 5.94. The molecule has 0 aliphatic heterocycles. The van der Waals surface area contributed by atoms with Crippen LogP contribution in [-0.4, -0.2) is 25.6 Å². The van der Waals surface area contributed by atoms with Gasteiger partial charge in [-0.15, -0.1) is 0 Å².